The van der Waals surface area contributed by atoms with Crippen LogP contribution in [0.3, 0.4) is 0 Å². The van der Waals surface area contributed by atoms with Gasteiger partial charge in [-0.1, -0.05) is 22.0 Å². The molecule has 2 aromatic rings. The molecule has 10 nitrogen and oxygen atoms in total. The lowest BCUT2D eigenvalue weighted by Crippen LogP contribution is -2.38. The van der Waals surface area contributed by atoms with E-state index in [2.05, 4.69) is 15.9 Å². The highest BCUT2D eigenvalue weighted by molar-refractivity contribution is 9.10. The van der Waals surface area contributed by atoms with E-state index in [0.717, 1.165) is 11.1 Å². The standard InChI is InChI=1S/C24H21BrN2O8/c1-31-23(29)17-10-33-11-27(21(17)24(30)32-2)14-6-15-16(18(25)7-14)9-26(22(15)28)8-13-3-4-19-20(5-13)35-12-34-19/h3-7H,8-12H2,1-2H3. The quantitative estimate of drug-likeness (QED) is 0.525. The molecular weight excluding hydrogens is 524 g/mol. The minimum atomic E-state index is -0.707. The minimum Gasteiger partial charge on any atom is -0.466 e. The summed E-state index contributed by atoms with van der Waals surface area (Å²) in [5.41, 5.74) is 2.78. The summed E-state index contributed by atoms with van der Waals surface area (Å²) in [5.74, 6) is -0.220. The van der Waals surface area contributed by atoms with E-state index in [1.807, 2.05) is 18.2 Å². The van der Waals surface area contributed by atoms with E-state index in [0.29, 0.717) is 40.3 Å². The summed E-state index contributed by atoms with van der Waals surface area (Å²) >= 11 is 3.57. The maximum Gasteiger partial charge on any atom is 0.355 e. The molecule has 0 spiro atoms. The number of anilines is 1. The summed E-state index contributed by atoms with van der Waals surface area (Å²) in [7, 11) is 2.45. The lowest BCUT2D eigenvalue weighted by atomic mass is 10.1. The molecule has 0 aromatic heterocycles. The maximum absolute atomic E-state index is 13.3. The number of nitrogens with zero attached hydrogens (tertiary/aromatic N) is 2. The highest BCUT2D eigenvalue weighted by atomic mass is 79.9. The first kappa shape index (κ1) is 23.2. The molecule has 2 aromatic carbocycles. The fraction of sp³-hybridized carbons (Fsp3) is 0.292. The molecule has 3 aliphatic rings. The van der Waals surface area contributed by atoms with Crippen LogP contribution in [0.1, 0.15) is 21.5 Å². The second kappa shape index (κ2) is 9.23. The molecule has 0 radical (unpaired) electrons. The summed E-state index contributed by atoms with van der Waals surface area (Å²) in [6, 6.07) is 9.07. The second-order valence-electron chi connectivity index (χ2n) is 8.02. The van der Waals surface area contributed by atoms with Gasteiger partial charge in [0, 0.05) is 28.8 Å². The first-order valence-corrected chi connectivity index (χ1v) is 11.5. The van der Waals surface area contributed by atoms with Crippen LogP contribution >= 0.6 is 15.9 Å². The zero-order valence-corrected chi connectivity index (χ0v) is 20.5. The zero-order valence-electron chi connectivity index (χ0n) is 19.0. The van der Waals surface area contributed by atoms with Gasteiger partial charge in [0.25, 0.3) is 5.91 Å². The van der Waals surface area contributed by atoms with E-state index < -0.39 is 11.9 Å². The monoisotopic (exact) mass is 544 g/mol. The van der Waals surface area contributed by atoms with E-state index >= 15 is 0 Å². The number of fused-ring (bicyclic) bond motifs is 2. The van der Waals surface area contributed by atoms with Gasteiger partial charge in [-0.05, 0) is 35.4 Å². The Labute approximate surface area is 209 Å². The Kier molecular flexibility index (Phi) is 6.12. The van der Waals surface area contributed by atoms with Crippen molar-refractivity contribution in [3.8, 4) is 11.5 Å². The Hall–Kier alpha value is -3.57. The van der Waals surface area contributed by atoms with Crippen LogP contribution in [0.2, 0.25) is 0 Å². The van der Waals surface area contributed by atoms with Crippen molar-refractivity contribution in [3.63, 3.8) is 0 Å². The summed E-state index contributed by atoms with van der Waals surface area (Å²) in [5, 5.41) is 0. The predicted molar refractivity (Wildman–Crippen MR) is 125 cm³/mol. The zero-order chi connectivity index (χ0) is 24.7. The van der Waals surface area contributed by atoms with Crippen molar-refractivity contribution in [2.75, 3.05) is 39.3 Å². The summed E-state index contributed by atoms with van der Waals surface area (Å²) in [6.45, 7) is 0.876. The Morgan fingerprint density at radius 2 is 1.83 bits per heavy atom. The van der Waals surface area contributed by atoms with Gasteiger partial charge in [-0.25, -0.2) is 9.59 Å². The number of rotatable bonds is 5. The van der Waals surface area contributed by atoms with Crippen molar-refractivity contribution < 1.29 is 38.1 Å². The lowest BCUT2D eigenvalue weighted by molar-refractivity contribution is -0.140. The maximum atomic E-state index is 13.3. The SMILES string of the molecule is COC(=O)C1=C(C(=O)OC)N(c2cc(Br)c3c(c2)C(=O)N(Cc2ccc4c(c2)OCO4)C3)COC1. The third-order valence-corrected chi connectivity index (χ3v) is 6.71. The average Bonchev–Trinajstić information content (AvgIpc) is 3.47. The summed E-state index contributed by atoms with van der Waals surface area (Å²) in [4.78, 5) is 41.5. The van der Waals surface area contributed by atoms with Crippen molar-refractivity contribution in [1.29, 1.82) is 0 Å². The van der Waals surface area contributed by atoms with Crippen molar-refractivity contribution in [2.45, 2.75) is 13.1 Å². The number of hydrogen-bond acceptors (Lipinski definition) is 9. The Morgan fingerprint density at radius 1 is 1.06 bits per heavy atom. The lowest BCUT2D eigenvalue weighted by Gasteiger charge is -2.31. The van der Waals surface area contributed by atoms with Crippen LogP contribution in [0, 0.1) is 0 Å². The Bertz CT molecular complexity index is 1270. The summed E-state index contributed by atoms with van der Waals surface area (Å²) < 4.78 is 26.8. The predicted octanol–water partition coefficient (Wildman–Crippen LogP) is 2.73. The summed E-state index contributed by atoms with van der Waals surface area (Å²) in [6.07, 6.45) is 0. The third kappa shape index (κ3) is 4.10. The van der Waals surface area contributed by atoms with Crippen molar-refractivity contribution in [1.82, 2.24) is 4.90 Å². The molecule has 3 heterocycles. The van der Waals surface area contributed by atoms with Crippen molar-refractivity contribution >= 4 is 39.5 Å². The van der Waals surface area contributed by atoms with Crippen LogP contribution in [0.4, 0.5) is 5.69 Å². The molecule has 0 fully saturated rings. The molecule has 0 saturated heterocycles. The number of halogens is 1. The number of methoxy groups -OCH3 is 2. The number of esters is 2. The first-order chi connectivity index (χ1) is 16.9. The van der Waals surface area contributed by atoms with Gasteiger partial charge in [0.05, 0.1) is 26.4 Å². The molecular formula is C24H21BrN2O8. The van der Waals surface area contributed by atoms with Crippen LogP contribution < -0.4 is 14.4 Å². The number of hydrogen-bond donors (Lipinski definition) is 0. The number of benzene rings is 2. The number of carbonyl (C=O) groups excluding carboxylic acids is 3. The van der Waals surface area contributed by atoms with E-state index in [4.69, 9.17) is 23.7 Å². The number of carbonyl (C=O) groups is 3. The fourth-order valence-corrected chi connectivity index (χ4v) is 4.87. The normalized spacial score (nSPS) is 16.5. The van der Waals surface area contributed by atoms with E-state index in [1.165, 1.54) is 19.1 Å². The average molecular weight is 545 g/mol. The van der Waals surface area contributed by atoms with Gasteiger partial charge >= 0.3 is 11.9 Å². The van der Waals surface area contributed by atoms with Gasteiger partial charge in [-0.15, -0.1) is 0 Å². The van der Waals surface area contributed by atoms with Gasteiger partial charge in [0.2, 0.25) is 6.79 Å². The number of amides is 1. The first-order valence-electron chi connectivity index (χ1n) is 10.7. The fourth-order valence-electron chi connectivity index (χ4n) is 4.30. The molecule has 3 aliphatic heterocycles. The molecule has 182 valence electrons. The van der Waals surface area contributed by atoms with Crippen LogP contribution in [-0.2, 0) is 36.9 Å². The highest BCUT2D eigenvalue weighted by Gasteiger charge is 2.35. The van der Waals surface area contributed by atoms with Crippen LogP contribution in [0.15, 0.2) is 46.1 Å². The van der Waals surface area contributed by atoms with Crippen LogP contribution in [0.25, 0.3) is 0 Å². The van der Waals surface area contributed by atoms with E-state index in [1.54, 1.807) is 17.0 Å². The van der Waals surface area contributed by atoms with Crippen LogP contribution in [0.5, 0.6) is 11.5 Å². The van der Waals surface area contributed by atoms with Gasteiger partial charge in [-0.2, -0.15) is 0 Å². The van der Waals surface area contributed by atoms with Gasteiger partial charge in [-0.3, -0.25) is 4.79 Å². The molecule has 1 amide bonds. The van der Waals surface area contributed by atoms with Gasteiger partial charge in [0.15, 0.2) is 11.5 Å². The molecule has 0 unspecified atom stereocenters. The largest absolute Gasteiger partial charge is 0.466 e. The molecule has 0 N–H and O–H groups in total. The van der Waals surface area contributed by atoms with Gasteiger partial charge in [0.1, 0.15) is 12.4 Å². The second-order valence-corrected chi connectivity index (χ2v) is 8.87. The molecule has 0 aliphatic carbocycles. The molecule has 35 heavy (non-hydrogen) atoms. The molecule has 0 bridgehead atoms. The van der Waals surface area contributed by atoms with Crippen molar-refractivity contribution in [3.05, 3.63) is 62.8 Å². The minimum absolute atomic E-state index is 0.00868. The highest BCUT2D eigenvalue weighted by Crippen LogP contribution is 2.38. The smallest absolute Gasteiger partial charge is 0.355 e. The van der Waals surface area contributed by atoms with Crippen LogP contribution in [-0.4, -0.2) is 57.1 Å². The molecule has 0 atom stereocenters. The van der Waals surface area contributed by atoms with E-state index in [9.17, 15) is 14.4 Å². The molecule has 5 rings (SSSR count). The number of ether oxygens (including phenoxy) is 5. The molecule has 11 heteroatoms. The Morgan fingerprint density at radius 3 is 2.60 bits per heavy atom. The third-order valence-electron chi connectivity index (χ3n) is 6.00. The Balaban J connectivity index is 1.46. The molecule has 0 saturated carbocycles. The van der Waals surface area contributed by atoms with Gasteiger partial charge < -0.3 is 33.5 Å². The van der Waals surface area contributed by atoms with E-state index in [-0.39, 0.29) is 37.3 Å². The topological polar surface area (TPSA) is 104 Å². The van der Waals surface area contributed by atoms with Crippen molar-refractivity contribution in [2.24, 2.45) is 0 Å².